The van der Waals surface area contributed by atoms with E-state index in [2.05, 4.69) is 16.9 Å². The van der Waals surface area contributed by atoms with Crippen LogP contribution in [-0.4, -0.2) is 16.0 Å². The number of hydrogen-bond donors (Lipinski definition) is 1. The van der Waals surface area contributed by atoms with E-state index in [1.54, 1.807) is 0 Å². The molecular weight excluding hydrogens is 222 g/mol. The lowest BCUT2D eigenvalue weighted by atomic mass is 9.80. The molecule has 2 N–H and O–H groups in total. The third kappa shape index (κ3) is 3.52. The number of aromatic nitrogens is 2. The Hall–Kier alpha value is -0.960. The van der Waals surface area contributed by atoms with Gasteiger partial charge in [0.2, 0.25) is 0 Å². The van der Waals surface area contributed by atoms with Gasteiger partial charge in [0.15, 0.2) is 0 Å². The van der Waals surface area contributed by atoms with E-state index in [4.69, 9.17) is 5.73 Å². The lowest BCUT2D eigenvalue weighted by Gasteiger charge is -2.26. The molecule has 1 atom stereocenters. The molecule has 0 spiro atoms. The van der Waals surface area contributed by atoms with Crippen LogP contribution in [-0.2, 0) is 6.42 Å². The molecule has 1 heterocycles. The molecule has 1 aliphatic carbocycles. The number of nitrogens with zero attached hydrogens (tertiary/aromatic N) is 2. The summed E-state index contributed by atoms with van der Waals surface area (Å²) in [5, 5.41) is 0. The van der Waals surface area contributed by atoms with Crippen LogP contribution < -0.4 is 5.73 Å². The van der Waals surface area contributed by atoms with Crippen LogP contribution in [0.4, 0.5) is 0 Å². The van der Waals surface area contributed by atoms with E-state index in [-0.39, 0.29) is 6.04 Å². The second-order valence-corrected chi connectivity index (χ2v) is 5.76. The lowest BCUT2D eigenvalue weighted by Crippen LogP contribution is -2.19. The maximum atomic E-state index is 5.78. The summed E-state index contributed by atoms with van der Waals surface area (Å²) in [7, 11) is 0. The minimum atomic E-state index is 0.180. The summed E-state index contributed by atoms with van der Waals surface area (Å²) >= 11 is 0. The van der Waals surface area contributed by atoms with Gasteiger partial charge < -0.3 is 5.73 Å². The molecule has 0 radical (unpaired) electrons. The van der Waals surface area contributed by atoms with E-state index in [0.717, 1.165) is 23.7 Å². The Kier molecular flexibility index (Phi) is 4.70. The summed E-state index contributed by atoms with van der Waals surface area (Å²) in [6, 6.07) is 0.180. The number of nitrogens with two attached hydrogens (primary N) is 1. The fourth-order valence-electron chi connectivity index (χ4n) is 2.88. The second kappa shape index (κ2) is 6.28. The van der Waals surface area contributed by atoms with Crippen LogP contribution in [0.1, 0.15) is 63.3 Å². The summed E-state index contributed by atoms with van der Waals surface area (Å²) < 4.78 is 0. The van der Waals surface area contributed by atoms with Gasteiger partial charge in [0.1, 0.15) is 5.82 Å². The smallest absolute Gasteiger partial charge is 0.131 e. The molecule has 1 fully saturated rings. The van der Waals surface area contributed by atoms with E-state index in [1.165, 1.54) is 32.1 Å². The Labute approximate surface area is 110 Å². The summed E-state index contributed by atoms with van der Waals surface area (Å²) in [5.41, 5.74) is 6.93. The van der Waals surface area contributed by atoms with Gasteiger partial charge in [0.05, 0.1) is 0 Å². The van der Waals surface area contributed by atoms with E-state index >= 15 is 0 Å². The highest BCUT2D eigenvalue weighted by atomic mass is 14.9. The minimum Gasteiger partial charge on any atom is -0.328 e. The zero-order chi connectivity index (χ0) is 13.0. The fraction of sp³-hybridized carbons (Fsp3) is 0.733. The van der Waals surface area contributed by atoms with Crippen LogP contribution >= 0.6 is 0 Å². The van der Waals surface area contributed by atoms with Crippen LogP contribution in [0.15, 0.2) is 12.4 Å². The molecule has 0 amide bonds. The van der Waals surface area contributed by atoms with Crippen LogP contribution in [0.2, 0.25) is 0 Å². The van der Waals surface area contributed by atoms with Gasteiger partial charge in [0, 0.05) is 24.4 Å². The van der Waals surface area contributed by atoms with Crippen LogP contribution in [0.5, 0.6) is 0 Å². The normalized spacial score (nSPS) is 25.9. The molecule has 1 aromatic rings. The summed E-state index contributed by atoms with van der Waals surface area (Å²) in [4.78, 5) is 9.08. The SMILES string of the molecule is CCC1CCC(c2ncc(CC(C)N)cn2)CC1. The van der Waals surface area contributed by atoms with Gasteiger partial charge >= 0.3 is 0 Å². The molecule has 0 saturated heterocycles. The monoisotopic (exact) mass is 247 g/mol. The van der Waals surface area contributed by atoms with E-state index in [0.29, 0.717) is 5.92 Å². The van der Waals surface area contributed by atoms with Crippen molar-refractivity contribution in [2.24, 2.45) is 11.7 Å². The summed E-state index contributed by atoms with van der Waals surface area (Å²) in [6.07, 6.45) is 11.3. The molecule has 1 aliphatic rings. The topological polar surface area (TPSA) is 51.8 Å². The molecular formula is C15H25N3. The van der Waals surface area contributed by atoms with Gasteiger partial charge in [-0.2, -0.15) is 0 Å². The predicted molar refractivity (Wildman–Crippen MR) is 74.4 cm³/mol. The van der Waals surface area contributed by atoms with Crippen molar-refractivity contribution in [1.82, 2.24) is 9.97 Å². The molecule has 100 valence electrons. The van der Waals surface area contributed by atoms with Crippen molar-refractivity contribution in [3.8, 4) is 0 Å². The maximum Gasteiger partial charge on any atom is 0.131 e. The zero-order valence-electron chi connectivity index (χ0n) is 11.6. The molecule has 1 saturated carbocycles. The predicted octanol–water partition coefficient (Wildman–Crippen LogP) is 3.05. The Morgan fingerprint density at radius 1 is 1.22 bits per heavy atom. The van der Waals surface area contributed by atoms with E-state index in [1.807, 2.05) is 19.3 Å². The average Bonchev–Trinajstić information content (AvgIpc) is 2.39. The van der Waals surface area contributed by atoms with E-state index in [9.17, 15) is 0 Å². The van der Waals surface area contributed by atoms with Gasteiger partial charge in [0.25, 0.3) is 0 Å². The van der Waals surface area contributed by atoms with Crippen molar-refractivity contribution in [3.05, 3.63) is 23.8 Å². The van der Waals surface area contributed by atoms with Crippen molar-refractivity contribution in [1.29, 1.82) is 0 Å². The zero-order valence-corrected chi connectivity index (χ0v) is 11.6. The highest BCUT2D eigenvalue weighted by Crippen LogP contribution is 2.35. The van der Waals surface area contributed by atoms with Crippen LogP contribution in [0.3, 0.4) is 0 Å². The quantitative estimate of drug-likeness (QED) is 0.889. The van der Waals surface area contributed by atoms with Gasteiger partial charge in [-0.05, 0) is 50.5 Å². The summed E-state index contributed by atoms with van der Waals surface area (Å²) in [6.45, 7) is 4.31. The van der Waals surface area contributed by atoms with Crippen molar-refractivity contribution < 1.29 is 0 Å². The molecule has 3 nitrogen and oxygen atoms in total. The van der Waals surface area contributed by atoms with Gasteiger partial charge in [-0.25, -0.2) is 9.97 Å². The second-order valence-electron chi connectivity index (χ2n) is 5.76. The Morgan fingerprint density at radius 3 is 2.33 bits per heavy atom. The molecule has 2 rings (SSSR count). The molecule has 0 bridgehead atoms. The third-order valence-electron chi connectivity index (χ3n) is 4.07. The molecule has 0 aliphatic heterocycles. The van der Waals surface area contributed by atoms with Crippen LogP contribution in [0.25, 0.3) is 0 Å². The highest BCUT2D eigenvalue weighted by Gasteiger charge is 2.22. The first-order valence-electron chi connectivity index (χ1n) is 7.25. The van der Waals surface area contributed by atoms with Gasteiger partial charge in [-0.1, -0.05) is 13.3 Å². The largest absolute Gasteiger partial charge is 0.328 e. The first kappa shape index (κ1) is 13.5. The Balaban J connectivity index is 1.93. The molecule has 18 heavy (non-hydrogen) atoms. The minimum absolute atomic E-state index is 0.180. The molecule has 0 aromatic carbocycles. The summed E-state index contributed by atoms with van der Waals surface area (Å²) in [5.74, 6) is 2.55. The first-order valence-corrected chi connectivity index (χ1v) is 7.25. The van der Waals surface area contributed by atoms with Crippen molar-refractivity contribution in [2.45, 2.75) is 64.3 Å². The van der Waals surface area contributed by atoms with Crippen LogP contribution in [0, 0.1) is 5.92 Å². The Morgan fingerprint density at radius 2 is 1.83 bits per heavy atom. The molecule has 3 heteroatoms. The van der Waals surface area contributed by atoms with Gasteiger partial charge in [-0.3, -0.25) is 0 Å². The van der Waals surface area contributed by atoms with Crippen molar-refractivity contribution >= 4 is 0 Å². The van der Waals surface area contributed by atoms with Crippen molar-refractivity contribution in [2.75, 3.05) is 0 Å². The molecule has 1 aromatic heterocycles. The van der Waals surface area contributed by atoms with E-state index < -0.39 is 0 Å². The lowest BCUT2D eigenvalue weighted by molar-refractivity contribution is 0.312. The van der Waals surface area contributed by atoms with Gasteiger partial charge in [-0.15, -0.1) is 0 Å². The number of hydrogen-bond acceptors (Lipinski definition) is 3. The number of rotatable bonds is 4. The fourth-order valence-corrected chi connectivity index (χ4v) is 2.88. The third-order valence-corrected chi connectivity index (χ3v) is 4.07. The Bertz CT molecular complexity index is 351. The highest BCUT2D eigenvalue weighted by molar-refractivity contribution is 5.09. The van der Waals surface area contributed by atoms with Crippen molar-refractivity contribution in [3.63, 3.8) is 0 Å². The first-order chi connectivity index (χ1) is 8.69. The molecule has 1 unspecified atom stereocenters. The average molecular weight is 247 g/mol. The standard InChI is InChI=1S/C15H25N3/c1-3-12-4-6-14(7-5-12)15-17-9-13(10-18-15)8-11(2)16/h9-12,14H,3-8,16H2,1-2H3. The maximum absolute atomic E-state index is 5.78.